The number of benzene rings is 2. The number of aliphatic hydroxyl groups is 1. The number of rotatable bonds is 6. The molecule has 2 aromatic carbocycles. The Kier molecular flexibility index (Phi) is 5.51. The molecule has 0 aromatic heterocycles. The van der Waals surface area contributed by atoms with Crippen LogP contribution in [0.4, 0.5) is 0 Å². The Morgan fingerprint density at radius 2 is 1.72 bits per heavy atom. The van der Waals surface area contributed by atoms with Gasteiger partial charge in [-0.1, -0.05) is 60.7 Å². The van der Waals surface area contributed by atoms with Gasteiger partial charge in [0.05, 0.1) is 5.60 Å². The molecule has 0 spiro atoms. The molecule has 1 amide bonds. The van der Waals surface area contributed by atoms with Crippen molar-refractivity contribution in [1.29, 1.82) is 0 Å². The van der Waals surface area contributed by atoms with Crippen molar-refractivity contribution in [3.63, 3.8) is 0 Å². The average Bonchev–Trinajstić information content (AvgIpc) is 3.16. The summed E-state index contributed by atoms with van der Waals surface area (Å²) in [6, 6.07) is 19.8. The van der Waals surface area contributed by atoms with E-state index in [1.807, 2.05) is 60.7 Å². The smallest absolute Gasteiger partial charge is 0.249 e. The highest BCUT2D eigenvalue weighted by atomic mass is 16.5. The SMILES string of the molecule is C[C@@](O)(CNC(=O)[C@H]1CCCO1)C(c1ccccc1)c1ccccc1. The van der Waals surface area contributed by atoms with E-state index in [0.29, 0.717) is 6.61 Å². The topological polar surface area (TPSA) is 58.6 Å². The second-order valence-corrected chi connectivity index (χ2v) is 6.83. The Hall–Kier alpha value is -2.17. The Balaban J connectivity index is 1.80. The molecule has 3 rings (SSSR count). The van der Waals surface area contributed by atoms with Gasteiger partial charge in [-0.2, -0.15) is 0 Å². The number of ether oxygens (including phenoxy) is 1. The molecule has 4 nitrogen and oxygen atoms in total. The van der Waals surface area contributed by atoms with E-state index in [1.54, 1.807) is 6.92 Å². The van der Waals surface area contributed by atoms with Crippen molar-refractivity contribution in [3.05, 3.63) is 71.8 Å². The van der Waals surface area contributed by atoms with E-state index < -0.39 is 5.60 Å². The third kappa shape index (κ3) is 4.27. The van der Waals surface area contributed by atoms with Crippen LogP contribution in [-0.4, -0.2) is 35.9 Å². The maximum atomic E-state index is 12.2. The first kappa shape index (κ1) is 17.6. The zero-order valence-corrected chi connectivity index (χ0v) is 14.5. The lowest BCUT2D eigenvalue weighted by atomic mass is 9.78. The fraction of sp³-hybridized carbons (Fsp3) is 0.381. The van der Waals surface area contributed by atoms with Crippen LogP contribution in [-0.2, 0) is 9.53 Å². The number of carbonyl (C=O) groups is 1. The molecular formula is C21H25NO3. The van der Waals surface area contributed by atoms with E-state index in [4.69, 9.17) is 4.74 Å². The van der Waals surface area contributed by atoms with Gasteiger partial charge in [0.15, 0.2) is 0 Å². The van der Waals surface area contributed by atoms with E-state index in [9.17, 15) is 9.90 Å². The first-order valence-corrected chi connectivity index (χ1v) is 8.79. The monoisotopic (exact) mass is 339 g/mol. The lowest BCUT2D eigenvalue weighted by molar-refractivity contribution is -0.131. The molecule has 2 N–H and O–H groups in total. The third-order valence-electron chi connectivity index (χ3n) is 4.73. The van der Waals surface area contributed by atoms with Gasteiger partial charge < -0.3 is 15.2 Å². The Morgan fingerprint density at radius 1 is 1.16 bits per heavy atom. The summed E-state index contributed by atoms with van der Waals surface area (Å²) in [5, 5.41) is 14.1. The number of hydrogen-bond donors (Lipinski definition) is 2. The Bertz CT molecular complexity index is 639. The zero-order valence-electron chi connectivity index (χ0n) is 14.5. The van der Waals surface area contributed by atoms with E-state index in [-0.39, 0.29) is 24.5 Å². The minimum Gasteiger partial charge on any atom is -0.387 e. The Morgan fingerprint density at radius 3 is 2.20 bits per heavy atom. The summed E-state index contributed by atoms with van der Waals surface area (Å²) in [6.07, 6.45) is 1.27. The molecule has 0 saturated carbocycles. The van der Waals surface area contributed by atoms with Crippen molar-refractivity contribution in [2.24, 2.45) is 0 Å². The summed E-state index contributed by atoms with van der Waals surface area (Å²) in [5.74, 6) is -0.377. The minimum atomic E-state index is -1.13. The van der Waals surface area contributed by atoms with Gasteiger partial charge in [-0.3, -0.25) is 4.79 Å². The van der Waals surface area contributed by atoms with Crippen molar-refractivity contribution in [3.8, 4) is 0 Å². The second-order valence-electron chi connectivity index (χ2n) is 6.83. The number of nitrogens with one attached hydrogen (secondary N) is 1. The van der Waals surface area contributed by atoms with Crippen LogP contribution in [0, 0.1) is 0 Å². The van der Waals surface area contributed by atoms with E-state index >= 15 is 0 Å². The summed E-state index contributed by atoms with van der Waals surface area (Å²) in [5.41, 5.74) is 0.909. The highest BCUT2D eigenvalue weighted by molar-refractivity contribution is 5.81. The predicted molar refractivity (Wildman–Crippen MR) is 97.3 cm³/mol. The summed E-state index contributed by atoms with van der Waals surface area (Å²) < 4.78 is 5.42. The molecule has 1 fully saturated rings. The van der Waals surface area contributed by atoms with Gasteiger partial charge in [0, 0.05) is 19.1 Å². The van der Waals surface area contributed by atoms with Crippen molar-refractivity contribution in [2.45, 2.75) is 37.4 Å². The van der Waals surface area contributed by atoms with Crippen LogP contribution in [0.1, 0.15) is 36.8 Å². The van der Waals surface area contributed by atoms with Crippen LogP contribution in [0.5, 0.6) is 0 Å². The van der Waals surface area contributed by atoms with E-state index in [1.165, 1.54) is 0 Å². The quantitative estimate of drug-likeness (QED) is 0.851. The largest absolute Gasteiger partial charge is 0.387 e. The van der Waals surface area contributed by atoms with Gasteiger partial charge in [0.1, 0.15) is 6.10 Å². The maximum Gasteiger partial charge on any atom is 0.249 e. The van der Waals surface area contributed by atoms with Crippen LogP contribution in [0.2, 0.25) is 0 Å². The molecule has 0 radical (unpaired) electrons. The third-order valence-corrected chi connectivity index (χ3v) is 4.73. The molecule has 25 heavy (non-hydrogen) atoms. The minimum absolute atomic E-state index is 0.141. The fourth-order valence-electron chi connectivity index (χ4n) is 3.47. The van der Waals surface area contributed by atoms with Crippen LogP contribution >= 0.6 is 0 Å². The molecule has 4 heteroatoms. The van der Waals surface area contributed by atoms with Gasteiger partial charge in [0.2, 0.25) is 5.91 Å². The molecule has 1 heterocycles. The predicted octanol–water partition coefficient (Wildman–Crippen LogP) is 2.86. The molecule has 132 valence electrons. The highest BCUT2D eigenvalue weighted by Gasteiger charge is 2.35. The fourth-order valence-corrected chi connectivity index (χ4v) is 3.47. The van der Waals surface area contributed by atoms with E-state index in [0.717, 1.165) is 24.0 Å². The van der Waals surface area contributed by atoms with Crippen molar-refractivity contribution in [1.82, 2.24) is 5.32 Å². The van der Waals surface area contributed by atoms with Crippen LogP contribution in [0.15, 0.2) is 60.7 Å². The summed E-state index contributed by atoms with van der Waals surface area (Å²) in [6.45, 7) is 2.57. The summed E-state index contributed by atoms with van der Waals surface area (Å²) >= 11 is 0. The summed E-state index contributed by atoms with van der Waals surface area (Å²) in [4.78, 5) is 12.2. The molecule has 1 aliphatic rings. The van der Waals surface area contributed by atoms with Gasteiger partial charge in [-0.05, 0) is 30.9 Å². The maximum absolute atomic E-state index is 12.2. The lowest BCUT2D eigenvalue weighted by Crippen LogP contribution is -2.47. The molecule has 2 atom stereocenters. The second kappa shape index (κ2) is 7.81. The van der Waals surface area contributed by atoms with Crippen LogP contribution in [0.25, 0.3) is 0 Å². The van der Waals surface area contributed by atoms with E-state index in [2.05, 4.69) is 5.32 Å². The van der Waals surface area contributed by atoms with Crippen molar-refractivity contribution < 1.29 is 14.6 Å². The first-order chi connectivity index (χ1) is 12.1. The van der Waals surface area contributed by atoms with Gasteiger partial charge in [-0.25, -0.2) is 0 Å². The molecule has 0 aliphatic carbocycles. The molecular weight excluding hydrogens is 314 g/mol. The summed E-state index contributed by atoms with van der Waals surface area (Å²) in [7, 11) is 0. The van der Waals surface area contributed by atoms with Gasteiger partial charge in [0.25, 0.3) is 0 Å². The van der Waals surface area contributed by atoms with Gasteiger partial charge >= 0.3 is 0 Å². The molecule has 1 aliphatic heterocycles. The molecule has 2 aromatic rings. The molecule has 0 unspecified atom stereocenters. The standard InChI is InChI=1S/C21H25NO3/c1-21(24,15-22-20(23)18-13-8-14-25-18)19(16-9-4-2-5-10-16)17-11-6-3-7-12-17/h2-7,9-12,18-19,24H,8,13-15H2,1H3,(H,22,23)/t18-,21-/m1/s1. The first-order valence-electron chi connectivity index (χ1n) is 8.79. The normalized spacial score (nSPS) is 19.6. The van der Waals surface area contributed by atoms with Crippen molar-refractivity contribution >= 4 is 5.91 Å². The van der Waals surface area contributed by atoms with Crippen molar-refractivity contribution in [2.75, 3.05) is 13.2 Å². The van der Waals surface area contributed by atoms with Gasteiger partial charge in [-0.15, -0.1) is 0 Å². The number of carbonyl (C=O) groups excluding carboxylic acids is 1. The van der Waals surface area contributed by atoms with Crippen LogP contribution < -0.4 is 5.32 Å². The highest BCUT2D eigenvalue weighted by Crippen LogP contribution is 2.34. The molecule has 0 bridgehead atoms. The Labute approximate surface area is 148 Å². The lowest BCUT2D eigenvalue weighted by Gasteiger charge is -2.34. The number of hydrogen-bond acceptors (Lipinski definition) is 3. The molecule has 1 saturated heterocycles. The zero-order chi connectivity index (χ0) is 17.7. The van der Waals surface area contributed by atoms with Crippen LogP contribution in [0.3, 0.4) is 0 Å². The number of amides is 1. The average molecular weight is 339 g/mol.